The van der Waals surface area contributed by atoms with Gasteiger partial charge < -0.3 is 9.47 Å². The van der Waals surface area contributed by atoms with Gasteiger partial charge in [0.15, 0.2) is 0 Å². The summed E-state index contributed by atoms with van der Waals surface area (Å²) in [5.41, 5.74) is 2.62. The molecular weight excluding hydrogens is 338 g/mol. The van der Waals surface area contributed by atoms with E-state index in [4.69, 9.17) is 9.47 Å². The third kappa shape index (κ3) is 4.96. The summed E-state index contributed by atoms with van der Waals surface area (Å²) in [5.74, 6) is 1.51. The van der Waals surface area contributed by atoms with Crippen molar-refractivity contribution in [3.05, 3.63) is 53.1 Å². The number of benzene rings is 2. The molecule has 2 rings (SSSR count). The lowest BCUT2D eigenvalue weighted by atomic mass is 10.1. The molecule has 0 heterocycles. The molecule has 0 saturated heterocycles. The van der Waals surface area contributed by atoms with Crippen LogP contribution in [0.5, 0.6) is 11.5 Å². The van der Waals surface area contributed by atoms with Crippen LogP contribution in [0.4, 0.5) is 0 Å². The lowest BCUT2D eigenvalue weighted by molar-refractivity contribution is 0.411. The van der Waals surface area contributed by atoms with Gasteiger partial charge in [0.2, 0.25) is 10.0 Å². The summed E-state index contributed by atoms with van der Waals surface area (Å²) in [4.78, 5) is 0.301. The van der Waals surface area contributed by atoms with Crippen molar-refractivity contribution in [2.75, 3.05) is 20.8 Å². The highest BCUT2D eigenvalue weighted by Gasteiger charge is 2.18. The lowest BCUT2D eigenvalue weighted by Gasteiger charge is -2.13. The number of ether oxygens (including phenoxy) is 2. The Morgan fingerprint density at radius 2 is 1.64 bits per heavy atom. The highest BCUT2D eigenvalue weighted by molar-refractivity contribution is 7.89. The molecule has 136 valence electrons. The zero-order valence-corrected chi connectivity index (χ0v) is 15.9. The van der Waals surface area contributed by atoms with Crippen molar-refractivity contribution >= 4 is 10.0 Å². The molecule has 0 aliphatic heterocycles. The maximum atomic E-state index is 12.5. The van der Waals surface area contributed by atoms with Crippen LogP contribution in [0.2, 0.25) is 0 Å². The van der Waals surface area contributed by atoms with Crippen LogP contribution in [0.1, 0.15) is 23.1 Å². The first-order valence-electron chi connectivity index (χ1n) is 8.15. The van der Waals surface area contributed by atoms with E-state index in [2.05, 4.69) is 4.72 Å². The highest BCUT2D eigenvalue weighted by Crippen LogP contribution is 2.25. The van der Waals surface area contributed by atoms with Crippen molar-refractivity contribution in [2.24, 2.45) is 0 Å². The third-order valence-electron chi connectivity index (χ3n) is 4.08. The maximum absolute atomic E-state index is 12.5. The van der Waals surface area contributed by atoms with Gasteiger partial charge in [-0.2, -0.15) is 0 Å². The van der Waals surface area contributed by atoms with Crippen LogP contribution >= 0.6 is 0 Å². The zero-order valence-electron chi connectivity index (χ0n) is 15.1. The Bertz CT molecular complexity index is 814. The Morgan fingerprint density at radius 1 is 0.960 bits per heavy atom. The van der Waals surface area contributed by atoms with Gasteiger partial charge in [-0.25, -0.2) is 13.1 Å². The van der Waals surface area contributed by atoms with E-state index in [9.17, 15) is 8.42 Å². The van der Waals surface area contributed by atoms with Crippen LogP contribution < -0.4 is 14.2 Å². The molecule has 2 aromatic carbocycles. The van der Waals surface area contributed by atoms with Crippen LogP contribution in [0.25, 0.3) is 0 Å². The molecule has 0 amide bonds. The normalized spacial score (nSPS) is 11.4. The minimum atomic E-state index is -3.53. The first kappa shape index (κ1) is 19.3. The number of hydrogen-bond donors (Lipinski definition) is 1. The molecule has 0 saturated carbocycles. The topological polar surface area (TPSA) is 64.6 Å². The number of hydrogen-bond acceptors (Lipinski definition) is 4. The SMILES string of the molecule is COc1ccc(CCCNS(=O)(=O)c2cc(C)c(OC)cc2C)cc1. The molecular formula is C19H25NO4S. The van der Waals surface area contributed by atoms with Gasteiger partial charge in [0.25, 0.3) is 0 Å². The van der Waals surface area contributed by atoms with Gasteiger partial charge in [0.05, 0.1) is 19.1 Å². The second kappa shape index (κ2) is 8.36. The first-order chi connectivity index (χ1) is 11.9. The van der Waals surface area contributed by atoms with Crippen LogP contribution in [0, 0.1) is 13.8 Å². The molecule has 25 heavy (non-hydrogen) atoms. The minimum Gasteiger partial charge on any atom is -0.497 e. The largest absolute Gasteiger partial charge is 0.497 e. The Labute approximate surface area is 150 Å². The highest BCUT2D eigenvalue weighted by atomic mass is 32.2. The molecule has 0 spiro atoms. The Hall–Kier alpha value is -2.05. The molecule has 5 nitrogen and oxygen atoms in total. The Morgan fingerprint density at radius 3 is 2.24 bits per heavy atom. The maximum Gasteiger partial charge on any atom is 0.240 e. The third-order valence-corrected chi connectivity index (χ3v) is 5.68. The summed E-state index contributed by atoms with van der Waals surface area (Å²) < 4.78 is 38.1. The van der Waals surface area contributed by atoms with Gasteiger partial charge in [-0.3, -0.25) is 0 Å². The minimum absolute atomic E-state index is 0.301. The number of aryl methyl sites for hydroxylation is 3. The first-order valence-corrected chi connectivity index (χ1v) is 9.63. The quantitative estimate of drug-likeness (QED) is 0.732. The molecule has 0 unspecified atom stereocenters. The van der Waals surface area contributed by atoms with Gasteiger partial charge in [0.1, 0.15) is 11.5 Å². The van der Waals surface area contributed by atoms with Crippen LogP contribution in [-0.4, -0.2) is 29.2 Å². The summed E-state index contributed by atoms with van der Waals surface area (Å²) in [6.07, 6.45) is 1.52. The predicted molar refractivity (Wildman–Crippen MR) is 99.0 cm³/mol. The van der Waals surface area contributed by atoms with Crippen LogP contribution in [0.3, 0.4) is 0 Å². The standard InChI is InChI=1S/C19H25NO4S/c1-14-13-19(15(2)12-18(14)24-4)25(21,22)20-11-5-6-16-7-9-17(23-3)10-8-16/h7-10,12-13,20H,5-6,11H2,1-4H3. The van der Waals surface area contributed by atoms with E-state index in [-0.39, 0.29) is 0 Å². The summed E-state index contributed by atoms with van der Waals surface area (Å²) in [5, 5.41) is 0. The predicted octanol–water partition coefficient (Wildman–Crippen LogP) is 3.23. The summed E-state index contributed by atoms with van der Waals surface area (Å²) >= 11 is 0. The monoisotopic (exact) mass is 363 g/mol. The van der Waals surface area contributed by atoms with E-state index in [0.29, 0.717) is 22.8 Å². The second-order valence-corrected chi connectivity index (χ2v) is 7.67. The molecule has 0 fully saturated rings. The van der Waals surface area contributed by atoms with Crippen LogP contribution in [0.15, 0.2) is 41.3 Å². The molecule has 0 aliphatic rings. The fourth-order valence-corrected chi connectivity index (χ4v) is 4.02. The van der Waals surface area contributed by atoms with Crippen molar-refractivity contribution in [1.29, 1.82) is 0 Å². The number of nitrogens with one attached hydrogen (secondary N) is 1. The van der Waals surface area contributed by atoms with Gasteiger partial charge in [0, 0.05) is 6.54 Å². The van der Waals surface area contributed by atoms with Crippen molar-refractivity contribution in [3.8, 4) is 11.5 Å². The summed E-state index contributed by atoms with van der Waals surface area (Å²) in [7, 11) is -0.321. The molecule has 0 radical (unpaired) electrons. The van der Waals surface area contributed by atoms with Crippen molar-refractivity contribution < 1.29 is 17.9 Å². The van der Waals surface area contributed by atoms with Gasteiger partial charge in [-0.05, 0) is 67.6 Å². The smallest absolute Gasteiger partial charge is 0.240 e. The van der Waals surface area contributed by atoms with Gasteiger partial charge in [-0.1, -0.05) is 12.1 Å². The van der Waals surface area contributed by atoms with E-state index in [1.807, 2.05) is 31.2 Å². The van der Waals surface area contributed by atoms with Crippen molar-refractivity contribution in [3.63, 3.8) is 0 Å². The Balaban J connectivity index is 1.96. The molecule has 0 atom stereocenters. The molecule has 1 N–H and O–H groups in total. The molecule has 6 heteroatoms. The number of methoxy groups -OCH3 is 2. The van der Waals surface area contributed by atoms with E-state index < -0.39 is 10.0 Å². The summed E-state index contributed by atoms with van der Waals surface area (Å²) in [6.45, 7) is 3.99. The average Bonchev–Trinajstić information content (AvgIpc) is 2.60. The summed E-state index contributed by atoms with van der Waals surface area (Å²) in [6, 6.07) is 11.2. The van der Waals surface area contributed by atoms with Crippen LogP contribution in [-0.2, 0) is 16.4 Å². The fourth-order valence-electron chi connectivity index (χ4n) is 2.64. The average molecular weight is 363 g/mol. The fraction of sp³-hybridized carbons (Fsp3) is 0.368. The van der Waals surface area contributed by atoms with Gasteiger partial charge >= 0.3 is 0 Å². The number of sulfonamides is 1. The van der Waals surface area contributed by atoms with E-state index in [1.54, 1.807) is 33.3 Å². The van der Waals surface area contributed by atoms with E-state index in [1.165, 1.54) is 0 Å². The second-order valence-electron chi connectivity index (χ2n) is 5.94. The molecule has 0 aromatic heterocycles. The van der Waals surface area contributed by atoms with E-state index >= 15 is 0 Å². The lowest BCUT2D eigenvalue weighted by Crippen LogP contribution is -2.26. The molecule has 0 aliphatic carbocycles. The molecule has 0 bridgehead atoms. The molecule has 2 aromatic rings. The van der Waals surface area contributed by atoms with Gasteiger partial charge in [-0.15, -0.1) is 0 Å². The number of rotatable bonds is 8. The van der Waals surface area contributed by atoms with Crippen molar-refractivity contribution in [1.82, 2.24) is 4.72 Å². The van der Waals surface area contributed by atoms with E-state index in [0.717, 1.165) is 29.7 Å². The Kier molecular flexibility index (Phi) is 6.45. The zero-order chi connectivity index (χ0) is 18.4. The van der Waals surface area contributed by atoms with Crippen molar-refractivity contribution in [2.45, 2.75) is 31.6 Å².